The number of hydrogen-bond donors (Lipinski definition) is 3. The summed E-state index contributed by atoms with van der Waals surface area (Å²) in [5.74, 6) is -1.85. The number of nitrogens with zero attached hydrogens (tertiary/aromatic N) is 1. The molecule has 0 saturated heterocycles. The van der Waals surface area contributed by atoms with Gasteiger partial charge in [-0.2, -0.15) is 4.31 Å². The van der Waals surface area contributed by atoms with Gasteiger partial charge in [0.25, 0.3) is 0 Å². The Hall–Kier alpha value is -2.80. The Bertz CT molecular complexity index is 1330. The normalized spacial score (nSPS) is 14.5. The summed E-state index contributed by atoms with van der Waals surface area (Å²) in [5.41, 5.74) is 1.27. The Labute approximate surface area is 238 Å². The monoisotopic (exact) mass is 595 g/mol. The molecule has 2 rings (SSSR count). The van der Waals surface area contributed by atoms with Crippen LogP contribution < -0.4 is 10.6 Å². The van der Waals surface area contributed by atoms with E-state index in [0.717, 1.165) is 11.8 Å². The summed E-state index contributed by atoms with van der Waals surface area (Å²) in [7, 11) is -7.46. The number of nitrogens with one attached hydrogen (secondary N) is 2. The van der Waals surface area contributed by atoms with Gasteiger partial charge in [-0.15, -0.1) is 0 Å². The maximum absolute atomic E-state index is 13.7. The lowest BCUT2D eigenvalue weighted by Gasteiger charge is -2.31. The van der Waals surface area contributed by atoms with E-state index in [1.54, 1.807) is 0 Å². The highest BCUT2D eigenvalue weighted by atomic mass is 32.2. The van der Waals surface area contributed by atoms with Crippen LogP contribution in [0.25, 0.3) is 0 Å². The van der Waals surface area contributed by atoms with Crippen LogP contribution in [-0.4, -0.2) is 75.3 Å². The first-order valence-electron chi connectivity index (χ1n) is 13.2. The number of carbonyl (C=O) groups is 2. The number of aliphatic hydroxyl groups excluding tert-OH is 1. The smallest absolute Gasteiger partial charge is 0.243 e. The number of amides is 2. The SMILES string of the molecule is CC(=O)Nc1ccc(S(=O)(=O)N(CCC(C)C)CC(O)[C@H](Cc2ccccc2)NC(=O)C(C)CS(C)(=O)=O)cc1. The number of carbonyl (C=O) groups excluding carboxylic acids is 2. The molecule has 2 unspecified atom stereocenters. The van der Waals surface area contributed by atoms with Gasteiger partial charge in [-0.25, -0.2) is 16.8 Å². The summed E-state index contributed by atoms with van der Waals surface area (Å²) in [5, 5.41) is 16.7. The van der Waals surface area contributed by atoms with Crippen LogP contribution in [0.1, 0.15) is 39.7 Å². The molecule has 0 spiro atoms. The van der Waals surface area contributed by atoms with Crippen LogP contribution in [0.15, 0.2) is 59.5 Å². The highest BCUT2D eigenvalue weighted by Crippen LogP contribution is 2.21. The van der Waals surface area contributed by atoms with Crippen molar-refractivity contribution in [1.29, 1.82) is 0 Å². The Balaban J connectivity index is 2.35. The molecule has 12 heteroatoms. The van der Waals surface area contributed by atoms with Crippen LogP contribution >= 0.6 is 0 Å². The van der Waals surface area contributed by atoms with Crippen LogP contribution in [0.2, 0.25) is 0 Å². The largest absolute Gasteiger partial charge is 0.390 e. The molecule has 2 aromatic carbocycles. The molecule has 0 aliphatic heterocycles. The molecule has 0 bridgehead atoms. The third-order valence-corrected chi connectivity index (χ3v) is 9.23. The van der Waals surface area contributed by atoms with Crippen LogP contribution in [0.4, 0.5) is 5.69 Å². The van der Waals surface area contributed by atoms with Crippen molar-refractivity contribution in [1.82, 2.24) is 9.62 Å². The minimum absolute atomic E-state index is 0.00276. The summed E-state index contributed by atoms with van der Waals surface area (Å²) in [6.07, 6.45) is 0.503. The minimum atomic E-state index is -4.04. The highest BCUT2D eigenvalue weighted by Gasteiger charge is 2.32. The van der Waals surface area contributed by atoms with Gasteiger partial charge in [0.1, 0.15) is 9.84 Å². The first-order chi connectivity index (χ1) is 18.6. The number of hydrogen-bond acceptors (Lipinski definition) is 7. The number of anilines is 1. The first-order valence-corrected chi connectivity index (χ1v) is 16.7. The Morgan fingerprint density at radius 2 is 1.55 bits per heavy atom. The molecule has 0 aliphatic rings. The number of benzene rings is 2. The van der Waals surface area contributed by atoms with Gasteiger partial charge in [-0.1, -0.05) is 51.1 Å². The molecule has 0 radical (unpaired) electrons. The number of aliphatic hydroxyl groups is 1. The molecule has 2 amide bonds. The summed E-state index contributed by atoms with van der Waals surface area (Å²) in [4.78, 5) is 24.2. The van der Waals surface area contributed by atoms with Crippen molar-refractivity contribution < 1.29 is 31.5 Å². The van der Waals surface area contributed by atoms with E-state index in [-0.39, 0.29) is 42.0 Å². The Morgan fingerprint density at radius 3 is 2.08 bits per heavy atom. The van der Waals surface area contributed by atoms with Crippen molar-refractivity contribution in [3.8, 4) is 0 Å². The molecule has 0 aliphatic carbocycles. The van der Waals surface area contributed by atoms with E-state index < -0.39 is 43.8 Å². The van der Waals surface area contributed by atoms with Gasteiger partial charge in [0.15, 0.2) is 0 Å². The fraction of sp³-hybridized carbons (Fsp3) is 0.500. The summed E-state index contributed by atoms with van der Waals surface area (Å²) in [6.45, 7) is 6.62. The Morgan fingerprint density at radius 1 is 0.950 bits per heavy atom. The average Bonchev–Trinajstić information content (AvgIpc) is 2.85. The van der Waals surface area contributed by atoms with Gasteiger partial charge in [0, 0.05) is 37.9 Å². The molecular formula is C28H41N3O7S2. The number of sulfonamides is 1. The van der Waals surface area contributed by atoms with Crippen molar-refractivity contribution in [3.63, 3.8) is 0 Å². The maximum atomic E-state index is 13.7. The molecular weight excluding hydrogens is 554 g/mol. The Kier molecular flexibility index (Phi) is 12.3. The second-order valence-corrected chi connectivity index (χ2v) is 14.7. The third-order valence-electron chi connectivity index (χ3n) is 6.25. The lowest BCUT2D eigenvalue weighted by molar-refractivity contribution is -0.125. The van der Waals surface area contributed by atoms with Gasteiger partial charge in [-0.05, 0) is 48.6 Å². The molecule has 0 aromatic heterocycles. The van der Waals surface area contributed by atoms with Crippen LogP contribution in [0.5, 0.6) is 0 Å². The predicted molar refractivity (Wildman–Crippen MR) is 156 cm³/mol. The molecule has 10 nitrogen and oxygen atoms in total. The van der Waals surface area contributed by atoms with Crippen LogP contribution in [-0.2, 0) is 35.9 Å². The zero-order valence-corrected chi connectivity index (χ0v) is 25.3. The van der Waals surface area contributed by atoms with E-state index in [4.69, 9.17) is 0 Å². The topological polar surface area (TPSA) is 150 Å². The van der Waals surface area contributed by atoms with Gasteiger partial charge >= 0.3 is 0 Å². The van der Waals surface area contributed by atoms with Crippen molar-refractivity contribution in [3.05, 3.63) is 60.2 Å². The third kappa shape index (κ3) is 11.0. The second-order valence-electron chi connectivity index (χ2n) is 10.6. The summed E-state index contributed by atoms with van der Waals surface area (Å²) >= 11 is 0. The standard InChI is InChI=1S/C28H41N3O7S2/c1-20(2)15-16-31(40(37,38)25-13-11-24(12-14-25)29-22(4)32)18-27(33)26(17-23-9-7-6-8-10-23)30-28(34)21(3)19-39(5,35)36/h6-14,20-21,26-27,33H,15-19H2,1-5H3,(H,29,32)(H,30,34)/t21?,26-,27?/m0/s1. The lowest BCUT2D eigenvalue weighted by atomic mass is 10.00. The fourth-order valence-corrected chi connectivity index (χ4v) is 6.65. The van der Waals surface area contributed by atoms with E-state index in [1.807, 2.05) is 44.2 Å². The van der Waals surface area contributed by atoms with E-state index in [0.29, 0.717) is 12.1 Å². The van der Waals surface area contributed by atoms with Crippen molar-refractivity contribution >= 4 is 37.4 Å². The molecule has 0 fully saturated rings. The van der Waals surface area contributed by atoms with Gasteiger partial charge < -0.3 is 15.7 Å². The van der Waals surface area contributed by atoms with Crippen LogP contribution in [0, 0.1) is 11.8 Å². The molecule has 0 saturated carbocycles. The van der Waals surface area contributed by atoms with Crippen LogP contribution in [0.3, 0.4) is 0 Å². The molecule has 222 valence electrons. The molecule has 2 aromatic rings. The molecule has 3 atom stereocenters. The lowest BCUT2D eigenvalue weighted by Crippen LogP contribution is -2.52. The zero-order chi connectivity index (χ0) is 30.1. The van der Waals surface area contributed by atoms with Gasteiger partial charge in [-0.3, -0.25) is 9.59 Å². The predicted octanol–water partition coefficient (Wildman–Crippen LogP) is 2.45. The quantitative estimate of drug-likeness (QED) is 0.286. The fourth-order valence-electron chi connectivity index (χ4n) is 4.12. The van der Waals surface area contributed by atoms with E-state index >= 15 is 0 Å². The van der Waals surface area contributed by atoms with Crippen molar-refractivity contribution in [2.45, 2.75) is 57.6 Å². The zero-order valence-electron chi connectivity index (χ0n) is 23.7. The first kappa shape index (κ1) is 33.4. The van der Waals surface area contributed by atoms with Crippen molar-refractivity contribution in [2.24, 2.45) is 11.8 Å². The van der Waals surface area contributed by atoms with Gasteiger partial charge in [0.2, 0.25) is 21.8 Å². The van der Waals surface area contributed by atoms with E-state index in [9.17, 15) is 31.5 Å². The summed E-state index contributed by atoms with van der Waals surface area (Å²) < 4.78 is 52.0. The second kappa shape index (κ2) is 14.7. The number of sulfone groups is 1. The molecule has 0 heterocycles. The highest BCUT2D eigenvalue weighted by molar-refractivity contribution is 7.90. The van der Waals surface area contributed by atoms with Crippen molar-refractivity contribution in [2.75, 3.05) is 30.4 Å². The number of rotatable bonds is 15. The molecule has 3 N–H and O–H groups in total. The minimum Gasteiger partial charge on any atom is -0.390 e. The maximum Gasteiger partial charge on any atom is 0.243 e. The van der Waals surface area contributed by atoms with Gasteiger partial charge in [0.05, 0.1) is 22.8 Å². The molecule has 40 heavy (non-hydrogen) atoms. The summed E-state index contributed by atoms with van der Waals surface area (Å²) in [6, 6.07) is 14.0. The average molecular weight is 596 g/mol. The van der Waals surface area contributed by atoms with E-state index in [1.165, 1.54) is 42.4 Å². The van der Waals surface area contributed by atoms with E-state index in [2.05, 4.69) is 10.6 Å².